The Morgan fingerprint density at radius 1 is 0.938 bits per heavy atom. The fraction of sp³-hybridized carbons (Fsp3) is 0.125. The van der Waals surface area contributed by atoms with Crippen molar-refractivity contribution < 1.29 is 23.5 Å². The van der Waals surface area contributed by atoms with Crippen LogP contribution in [0.15, 0.2) is 77.9 Å². The van der Waals surface area contributed by atoms with Gasteiger partial charge in [-0.2, -0.15) is 5.10 Å². The first-order valence-electron chi connectivity index (χ1n) is 9.88. The second kappa shape index (κ2) is 11.3. The van der Waals surface area contributed by atoms with Gasteiger partial charge in [0.15, 0.2) is 0 Å². The number of carbonyl (C=O) groups is 2. The lowest BCUT2D eigenvalue weighted by atomic mass is 10.2. The van der Waals surface area contributed by atoms with Crippen LogP contribution in [0.4, 0.5) is 10.1 Å². The Morgan fingerprint density at radius 3 is 2.38 bits per heavy atom. The second-order valence-electron chi connectivity index (χ2n) is 6.57. The summed E-state index contributed by atoms with van der Waals surface area (Å²) in [4.78, 5) is 24.1. The molecular weight excluding hydrogens is 413 g/mol. The zero-order valence-corrected chi connectivity index (χ0v) is 17.4. The third-order valence-electron chi connectivity index (χ3n) is 4.22. The van der Waals surface area contributed by atoms with Gasteiger partial charge in [-0.3, -0.25) is 9.59 Å². The average Bonchev–Trinajstić information content (AvgIpc) is 2.81. The number of nitrogens with zero attached hydrogens (tertiary/aromatic N) is 1. The molecule has 7 nitrogen and oxygen atoms in total. The standard InChI is InChI=1S/C24H22FN3O4/c1-2-31-22-6-4-3-5-21(22)27-23(29)24(30)28-26-15-17-9-13-20(14-10-17)32-16-18-7-11-19(25)12-8-18/h3-15H,2,16H2,1H3,(H,27,29)(H,28,30)/b26-15-. The topological polar surface area (TPSA) is 89.0 Å². The van der Waals surface area contributed by atoms with Crippen molar-refractivity contribution in [3.63, 3.8) is 0 Å². The van der Waals surface area contributed by atoms with Gasteiger partial charge in [0.25, 0.3) is 0 Å². The molecule has 0 unspecified atom stereocenters. The number of hydrogen-bond donors (Lipinski definition) is 2. The van der Waals surface area contributed by atoms with Gasteiger partial charge in [-0.05, 0) is 66.6 Å². The number of carbonyl (C=O) groups excluding carboxylic acids is 2. The lowest BCUT2D eigenvalue weighted by Crippen LogP contribution is -2.32. The normalized spacial score (nSPS) is 10.6. The van der Waals surface area contributed by atoms with E-state index in [-0.39, 0.29) is 5.82 Å². The summed E-state index contributed by atoms with van der Waals surface area (Å²) in [5.74, 6) is -0.966. The smallest absolute Gasteiger partial charge is 0.329 e. The molecule has 164 valence electrons. The van der Waals surface area contributed by atoms with E-state index in [4.69, 9.17) is 9.47 Å². The van der Waals surface area contributed by atoms with Crippen molar-refractivity contribution in [2.75, 3.05) is 11.9 Å². The third-order valence-corrected chi connectivity index (χ3v) is 4.22. The van der Waals surface area contributed by atoms with Crippen LogP contribution in [0.25, 0.3) is 0 Å². The molecule has 8 heteroatoms. The van der Waals surface area contributed by atoms with Crippen molar-refractivity contribution in [3.8, 4) is 11.5 Å². The zero-order valence-electron chi connectivity index (χ0n) is 17.4. The number of rotatable bonds is 8. The first kappa shape index (κ1) is 22.5. The van der Waals surface area contributed by atoms with E-state index in [0.29, 0.717) is 36.0 Å². The van der Waals surface area contributed by atoms with Crippen LogP contribution in [-0.4, -0.2) is 24.6 Å². The zero-order chi connectivity index (χ0) is 22.8. The molecule has 0 aliphatic rings. The van der Waals surface area contributed by atoms with Crippen LogP contribution < -0.4 is 20.2 Å². The van der Waals surface area contributed by atoms with Gasteiger partial charge < -0.3 is 14.8 Å². The van der Waals surface area contributed by atoms with E-state index in [0.717, 1.165) is 5.56 Å². The predicted octanol–water partition coefficient (Wildman–Crippen LogP) is 3.89. The minimum atomic E-state index is -0.910. The maximum absolute atomic E-state index is 12.9. The highest BCUT2D eigenvalue weighted by Crippen LogP contribution is 2.23. The van der Waals surface area contributed by atoms with Crippen molar-refractivity contribution in [2.24, 2.45) is 5.10 Å². The summed E-state index contributed by atoms with van der Waals surface area (Å²) < 4.78 is 24.0. The molecule has 32 heavy (non-hydrogen) atoms. The average molecular weight is 435 g/mol. The molecule has 2 N–H and O–H groups in total. The molecule has 0 bridgehead atoms. The highest BCUT2D eigenvalue weighted by molar-refractivity contribution is 6.39. The van der Waals surface area contributed by atoms with Gasteiger partial charge in [0.1, 0.15) is 23.9 Å². The molecule has 0 heterocycles. The molecule has 0 radical (unpaired) electrons. The Balaban J connectivity index is 1.48. The van der Waals surface area contributed by atoms with Gasteiger partial charge in [0.2, 0.25) is 0 Å². The highest BCUT2D eigenvalue weighted by Gasteiger charge is 2.15. The predicted molar refractivity (Wildman–Crippen MR) is 119 cm³/mol. The van der Waals surface area contributed by atoms with E-state index in [9.17, 15) is 14.0 Å². The van der Waals surface area contributed by atoms with Crippen LogP contribution in [0.2, 0.25) is 0 Å². The number of anilines is 1. The maximum atomic E-state index is 12.9. The second-order valence-corrected chi connectivity index (χ2v) is 6.57. The van der Waals surface area contributed by atoms with Crippen LogP contribution in [0.5, 0.6) is 11.5 Å². The summed E-state index contributed by atoms with van der Waals surface area (Å²) in [7, 11) is 0. The first-order chi connectivity index (χ1) is 15.5. The lowest BCUT2D eigenvalue weighted by Gasteiger charge is -2.10. The molecule has 0 spiro atoms. The third kappa shape index (κ3) is 6.66. The summed E-state index contributed by atoms with van der Waals surface area (Å²) in [6.07, 6.45) is 1.41. The van der Waals surface area contributed by atoms with Crippen molar-refractivity contribution in [3.05, 3.63) is 89.7 Å². The van der Waals surface area contributed by atoms with Gasteiger partial charge >= 0.3 is 11.8 Å². The van der Waals surface area contributed by atoms with Crippen molar-refractivity contribution in [2.45, 2.75) is 13.5 Å². The van der Waals surface area contributed by atoms with Crippen LogP contribution in [0.1, 0.15) is 18.1 Å². The fourth-order valence-corrected chi connectivity index (χ4v) is 2.64. The Kier molecular flexibility index (Phi) is 7.91. The minimum absolute atomic E-state index is 0.294. The molecule has 3 aromatic rings. The molecule has 0 aromatic heterocycles. The Labute approximate surface area is 184 Å². The van der Waals surface area contributed by atoms with Crippen LogP contribution in [-0.2, 0) is 16.2 Å². The Bertz CT molecular complexity index is 1080. The van der Waals surface area contributed by atoms with Gasteiger partial charge in [0.05, 0.1) is 18.5 Å². The van der Waals surface area contributed by atoms with Crippen LogP contribution in [0, 0.1) is 5.82 Å². The van der Waals surface area contributed by atoms with Gasteiger partial charge in [-0.1, -0.05) is 24.3 Å². The summed E-state index contributed by atoms with van der Waals surface area (Å²) in [5, 5.41) is 6.30. The molecule has 0 fully saturated rings. The molecule has 3 rings (SSSR count). The summed E-state index contributed by atoms with van der Waals surface area (Å²) in [6.45, 7) is 2.56. The molecular formula is C24H22FN3O4. The molecule has 2 amide bonds. The minimum Gasteiger partial charge on any atom is -0.492 e. The van der Waals surface area contributed by atoms with E-state index in [2.05, 4.69) is 15.8 Å². The first-order valence-corrected chi connectivity index (χ1v) is 9.88. The van der Waals surface area contributed by atoms with Gasteiger partial charge in [-0.15, -0.1) is 0 Å². The number of hydrogen-bond acceptors (Lipinski definition) is 5. The SMILES string of the molecule is CCOc1ccccc1NC(=O)C(=O)N/N=C\c1ccc(OCc2ccc(F)cc2)cc1. The van der Waals surface area contributed by atoms with Gasteiger partial charge in [0, 0.05) is 0 Å². The van der Waals surface area contributed by atoms with E-state index >= 15 is 0 Å². The van der Waals surface area contributed by atoms with E-state index in [1.54, 1.807) is 60.7 Å². The lowest BCUT2D eigenvalue weighted by molar-refractivity contribution is -0.136. The van der Waals surface area contributed by atoms with E-state index < -0.39 is 11.8 Å². The van der Waals surface area contributed by atoms with Crippen molar-refractivity contribution in [1.82, 2.24) is 5.43 Å². The number of benzene rings is 3. The number of nitrogens with one attached hydrogen (secondary N) is 2. The summed E-state index contributed by atoms with van der Waals surface area (Å²) >= 11 is 0. The molecule has 0 saturated carbocycles. The highest BCUT2D eigenvalue weighted by atomic mass is 19.1. The number of halogens is 1. The number of para-hydroxylation sites is 2. The van der Waals surface area contributed by atoms with E-state index in [1.165, 1.54) is 18.3 Å². The fourth-order valence-electron chi connectivity index (χ4n) is 2.64. The van der Waals surface area contributed by atoms with Crippen molar-refractivity contribution >= 4 is 23.7 Å². The van der Waals surface area contributed by atoms with Crippen molar-refractivity contribution in [1.29, 1.82) is 0 Å². The molecule has 0 aliphatic carbocycles. The number of amides is 2. The molecule has 0 atom stereocenters. The maximum Gasteiger partial charge on any atom is 0.329 e. The Hall–Kier alpha value is -4.20. The van der Waals surface area contributed by atoms with Crippen LogP contribution >= 0.6 is 0 Å². The summed E-state index contributed by atoms with van der Waals surface area (Å²) in [5.41, 5.74) is 4.13. The monoisotopic (exact) mass is 435 g/mol. The number of hydrazone groups is 1. The van der Waals surface area contributed by atoms with Crippen LogP contribution in [0.3, 0.4) is 0 Å². The molecule has 0 aliphatic heterocycles. The molecule has 0 saturated heterocycles. The quantitative estimate of drug-likeness (QED) is 0.319. The largest absolute Gasteiger partial charge is 0.492 e. The Morgan fingerprint density at radius 2 is 1.66 bits per heavy atom. The van der Waals surface area contributed by atoms with Gasteiger partial charge in [-0.25, -0.2) is 9.82 Å². The van der Waals surface area contributed by atoms with E-state index in [1.807, 2.05) is 6.92 Å². The summed E-state index contributed by atoms with van der Waals surface area (Å²) in [6, 6.07) is 19.9. The molecule has 3 aromatic carbocycles. The number of ether oxygens (including phenoxy) is 2.